The molecule has 4 aromatic rings. The molecule has 4 aliphatic rings. The van der Waals surface area contributed by atoms with Crippen LogP contribution in [0.3, 0.4) is 0 Å². The standard InChI is InChI=1S/C40H44BNO/c1-38(2,3)27-22-34-37-36(23-27)43-35-15-11-10-14-31(35)41(37)32-20-25-12-8-9-13-26(25)21-33(32)42(34)28-16-17-29-30(24-28)40(6,7)19-18-39(29,4)5/h10-11,14-17,20-24H,8-9,12-13,18-19H2,1-7H3. The van der Waals surface area contributed by atoms with E-state index in [9.17, 15) is 0 Å². The third-order valence-corrected chi connectivity index (χ3v) is 11.1. The fourth-order valence-electron chi connectivity index (χ4n) is 8.35. The highest BCUT2D eigenvalue weighted by atomic mass is 16.5. The molecule has 0 radical (unpaired) electrons. The number of aryl methyl sites for hydroxylation is 2. The lowest BCUT2D eigenvalue weighted by molar-refractivity contribution is 0.332. The lowest BCUT2D eigenvalue weighted by atomic mass is 9.34. The molecule has 0 bridgehead atoms. The SMILES string of the molecule is CC(C)(C)c1cc2c3c(c1)N(c1ccc4c(c1)C(C)(C)CCC4(C)C)c1cc4c(cc1B3c1ccccc1O2)CCCC4. The molecule has 0 fully saturated rings. The molecule has 8 rings (SSSR count). The minimum atomic E-state index is -0.00891. The quantitative estimate of drug-likeness (QED) is 0.185. The summed E-state index contributed by atoms with van der Waals surface area (Å²) < 4.78 is 6.80. The van der Waals surface area contributed by atoms with Gasteiger partial charge in [0.25, 0.3) is 6.71 Å². The van der Waals surface area contributed by atoms with Gasteiger partial charge in [-0.1, -0.05) is 78.8 Å². The monoisotopic (exact) mass is 565 g/mol. The second-order valence-electron chi connectivity index (χ2n) is 15.9. The summed E-state index contributed by atoms with van der Waals surface area (Å²) in [6.07, 6.45) is 7.35. The Kier molecular flexibility index (Phi) is 5.70. The van der Waals surface area contributed by atoms with Gasteiger partial charge in [-0.2, -0.15) is 0 Å². The van der Waals surface area contributed by atoms with E-state index in [2.05, 4.69) is 120 Å². The molecular formula is C40H44BNO. The molecule has 43 heavy (non-hydrogen) atoms. The summed E-state index contributed by atoms with van der Waals surface area (Å²) in [4.78, 5) is 2.60. The van der Waals surface area contributed by atoms with E-state index < -0.39 is 0 Å². The Labute approximate surface area is 258 Å². The van der Waals surface area contributed by atoms with Gasteiger partial charge < -0.3 is 9.64 Å². The Bertz CT molecular complexity index is 1810. The topological polar surface area (TPSA) is 12.5 Å². The maximum Gasteiger partial charge on any atom is 0.256 e. The first-order chi connectivity index (χ1) is 20.4. The van der Waals surface area contributed by atoms with Crippen molar-refractivity contribution in [1.82, 2.24) is 0 Å². The molecule has 0 atom stereocenters. The van der Waals surface area contributed by atoms with E-state index in [0.717, 1.165) is 11.5 Å². The Morgan fingerprint density at radius 1 is 0.698 bits per heavy atom. The molecule has 0 saturated heterocycles. The lowest BCUT2D eigenvalue weighted by Crippen LogP contribution is -2.59. The van der Waals surface area contributed by atoms with Crippen LogP contribution in [0.1, 0.15) is 102 Å². The van der Waals surface area contributed by atoms with Gasteiger partial charge in [-0.25, -0.2) is 0 Å². The number of nitrogens with zero attached hydrogens (tertiary/aromatic N) is 1. The number of ether oxygens (including phenoxy) is 1. The molecule has 0 aromatic heterocycles. The predicted molar refractivity (Wildman–Crippen MR) is 183 cm³/mol. The second kappa shape index (κ2) is 9.04. The minimum Gasteiger partial charge on any atom is -0.458 e. The van der Waals surface area contributed by atoms with E-state index in [1.165, 1.54) is 94.2 Å². The van der Waals surface area contributed by atoms with Gasteiger partial charge in [-0.15, -0.1) is 0 Å². The summed E-state index contributed by atoms with van der Waals surface area (Å²) >= 11 is 0. The largest absolute Gasteiger partial charge is 0.458 e. The first-order valence-corrected chi connectivity index (χ1v) is 16.5. The smallest absolute Gasteiger partial charge is 0.256 e. The normalized spacial score (nSPS) is 19.0. The summed E-state index contributed by atoms with van der Waals surface area (Å²) in [6, 6.07) is 26.0. The van der Waals surface area contributed by atoms with E-state index in [1.807, 2.05) is 0 Å². The number of anilines is 3. The van der Waals surface area contributed by atoms with Crippen molar-refractivity contribution in [2.75, 3.05) is 4.90 Å². The van der Waals surface area contributed by atoms with Crippen molar-refractivity contribution >= 4 is 40.2 Å². The average Bonchev–Trinajstić information content (AvgIpc) is 2.97. The summed E-state index contributed by atoms with van der Waals surface area (Å²) in [5.41, 5.74) is 15.6. The van der Waals surface area contributed by atoms with Gasteiger partial charge in [0, 0.05) is 17.1 Å². The Balaban J connectivity index is 1.45. The van der Waals surface area contributed by atoms with Crippen LogP contribution in [-0.4, -0.2) is 6.71 Å². The number of para-hydroxylation sites is 1. The van der Waals surface area contributed by atoms with E-state index in [1.54, 1.807) is 5.56 Å². The van der Waals surface area contributed by atoms with Crippen LogP contribution in [0.4, 0.5) is 17.1 Å². The van der Waals surface area contributed by atoms with Gasteiger partial charge in [0.2, 0.25) is 0 Å². The van der Waals surface area contributed by atoms with E-state index >= 15 is 0 Å². The van der Waals surface area contributed by atoms with Gasteiger partial charge in [-0.05, 0) is 135 Å². The molecule has 0 saturated carbocycles. The van der Waals surface area contributed by atoms with Gasteiger partial charge in [0.05, 0.1) is 0 Å². The summed E-state index contributed by atoms with van der Waals surface area (Å²) in [5, 5.41) is 0. The van der Waals surface area contributed by atoms with Crippen LogP contribution < -0.4 is 26.0 Å². The highest BCUT2D eigenvalue weighted by Crippen LogP contribution is 2.49. The first-order valence-electron chi connectivity index (χ1n) is 16.5. The Morgan fingerprint density at radius 2 is 1.40 bits per heavy atom. The average molecular weight is 566 g/mol. The van der Waals surface area contributed by atoms with E-state index in [0.29, 0.717) is 0 Å². The molecule has 2 heterocycles. The predicted octanol–water partition coefficient (Wildman–Crippen LogP) is 8.62. The van der Waals surface area contributed by atoms with Crippen molar-refractivity contribution in [2.45, 2.75) is 103 Å². The molecule has 0 unspecified atom stereocenters. The van der Waals surface area contributed by atoms with Gasteiger partial charge >= 0.3 is 0 Å². The molecule has 4 aromatic carbocycles. The number of fused-ring (bicyclic) bond motifs is 6. The number of hydrogen-bond acceptors (Lipinski definition) is 2. The number of hydrogen-bond donors (Lipinski definition) is 0. The molecule has 0 amide bonds. The van der Waals surface area contributed by atoms with Crippen molar-refractivity contribution in [3.05, 3.63) is 94.5 Å². The first kappa shape index (κ1) is 27.1. The minimum absolute atomic E-state index is 0.00891. The Morgan fingerprint density at radius 3 is 2.14 bits per heavy atom. The van der Waals surface area contributed by atoms with Gasteiger partial charge in [-0.3, -0.25) is 0 Å². The summed E-state index contributed by atoms with van der Waals surface area (Å²) in [5.74, 6) is 2.01. The van der Waals surface area contributed by atoms with Crippen LogP contribution in [-0.2, 0) is 29.1 Å². The second-order valence-corrected chi connectivity index (χ2v) is 15.9. The fraction of sp³-hybridized carbons (Fsp3) is 0.400. The van der Waals surface area contributed by atoms with E-state index in [4.69, 9.17) is 4.74 Å². The van der Waals surface area contributed by atoms with Crippen molar-refractivity contribution in [1.29, 1.82) is 0 Å². The van der Waals surface area contributed by atoms with Crippen LogP contribution in [0, 0.1) is 0 Å². The molecule has 0 N–H and O–H groups in total. The maximum atomic E-state index is 6.80. The fourth-order valence-corrected chi connectivity index (χ4v) is 8.35. The van der Waals surface area contributed by atoms with Gasteiger partial charge in [0.1, 0.15) is 11.5 Å². The van der Waals surface area contributed by atoms with Crippen LogP contribution >= 0.6 is 0 Å². The van der Waals surface area contributed by atoms with Crippen molar-refractivity contribution < 1.29 is 4.74 Å². The Hall–Kier alpha value is -3.46. The molecule has 3 heteroatoms. The van der Waals surface area contributed by atoms with Gasteiger partial charge in [0.15, 0.2) is 0 Å². The van der Waals surface area contributed by atoms with Crippen molar-refractivity contribution in [3.8, 4) is 11.5 Å². The zero-order chi connectivity index (χ0) is 29.9. The molecule has 2 nitrogen and oxygen atoms in total. The maximum absolute atomic E-state index is 6.80. The zero-order valence-corrected chi connectivity index (χ0v) is 27.0. The molecule has 218 valence electrons. The highest BCUT2D eigenvalue weighted by Gasteiger charge is 2.44. The molecule has 0 spiro atoms. The zero-order valence-electron chi connectivity index (χ0n) is 27.0. The van der Waals surface area contributed by atoms with Crippen LogP contribution in [0.2, 0.25) is 0 Å². The van der Waals surface area contributed by atoms with Crippen LogP contribution in [0.15, 0.2) is 66.7 Å². The molecule has 2 aliphatic heterocycles. The molecule has 2 aliphatic carbocycles. The van der Waals surface area contributed by atoms with Crippen molar-refractivity contribution in [2.24, 2.45) is 0 Å². The third kappa shape index (κ3) is 4.06. The van der Waals surface area contributed by atoms with Crippen molar-refractivity contribution in [3.63, 3.8) is 0 Å². The van der Waals surface area contributed by atoms with Crippen LogP contribution in [0.5, 0.6) is 11.5 Å². The summed E-state index contributed by atoms with van der Waals surface area (Å²) in [7, 11) is 0. The lowest BCUT2D eigenvalue weighted by Gasteiger charge is -2.44. The number of benzene rings is 4. The van der Waals surface area contributed by atoms with Crippen LogP contribution in [0.25, 0.3) is 0 Å². The van der Waals surface area contributed by atoms with E-state index in [-0.39, 0.29) is 23.0 Å². The highest BCUT2D eigenvalue weighted by molar-refractivity contribution is 6.99. The third-order valence-electron chi connectivity index (χ3n) is 11.1. The number of rotatable bonds is 1. The summed E-state index contributed by atoms with van der Waals surface area (Å²) in [6.45, 7) is 16.8. The molecular weight excluding hydrogens is 521 g/mol.